The first-order valence-corrected chi connectivity index (χ1v) is 10.5. The molecule has 1 atom stereocenters. The lowest BCUT2D eigenvalue weighted by molar-refractivity contribution is -0.132. The van der Waals surface area contributed by atoms with E-state index in [9.17, 15) is 23.2 Å². The van der Waals surface area contributed by atoms with Gasteiger partial charge in [-0.3, -0.25) is 0 Å². The Morgan fingerprint density at radius 2 is 1.85 bits per heavy atom. The number of halogens is 3. The smallest absolute Gasteiger partial charge is 0.405 e. The van der Waals surface area contributed by atoms with Crippen molar-refractivity contribution in [1.29, 1.82) is 0 Å². The van der Waals surface area contributed by atoms with Crippen LogP contribution in [0, 0.1) is 13.8 Å². The molecule has 0 aliphatic carbocycles. The number of carbonyl (C=O) groups is 1. The topological polar surface area (TPSA) is 87.6 Å². The summed E-state index contributed by atoms with van der Waals surface area (Å²) in [6.07, 6.45) is -1.46. The summed E-state index contributed by atoms with van der Waals surface area (Å²) in [7, 11) is 0. The van der Waals surface area contributed by atoms with E-state index in [1.165, 1.54) is 12.4 Å². The Hall–Kier alpha value is -3.50. The molecule has 2 heterocycles. The van der Waals surface area contributed by atoms with Gasteiger partial charge in [0.1, 0.15) is 18.1 Å². The third kappa shape index (κ3) is 6.52. The van der Waals surface area contributed by atoms with Crippen LogP contribution in [0.15, 0.2) is 54.9 Å². The highest BCUT2D eigenvalue weighted by Gasteiger charge is 2.27. The number of pyridine rings is 2. The van der Waals surface area contributed by atoms with E-state index in [1.54, 1.807) is 63.2 Å². The summed E-state index contributed by atoms with van der Waals surface area (Å²) < 4.78 is 42.8. The maximum atomic E-state index is 12.7. The number of aryl methyl sites for hydroxylation is 2. The molecule has 0 bridgehead atoms. The molecule has 3 aromatic rings. The first-order valence-electron chi connectivity index (χ1n) is 10.5. The van der Waals surface area contributed by atoms with Gasteiger partial charge in [0.25, 0.3) is 0 Å². The Morgan fingerprint density at radius 3 is 2.50 bits per heavy atom. The van der Waals surface area contributed by atoms with Crippen LogP contribution in [0.4, 0.5) is 19.0 Å². The van der Waals surface area contributed by atoms with Gasteiger partial charge in [0, 0.05) is 18.0 Å². The maximum absolute atomic E-state index is 12.7. The molecule has 3 rings (SSSR count). The lowest BCUT2D eigenvalue weighted by atomic mass is 10.0. The molecule has 0 radical (unpaired) electrons. The Balaban J connectivity index is 1.75. The second-order valence-corrected chi connectivity index (χ2v) is 7.83. The van der Waals surface area contributed by atoms with E-state index >= 15 is 0 Å². The van der Waals surface area contributed by atoms with Crippen LogP contribution in [0.5, 0.6) is 5.75 Å². The van der Waals surface area contributed by atoms with Gasteiger partial charge in [-0.1, -0.05) is 18.2 Å². The summed E-state index contributed by atoms with van der Waals surface area (Å²) in [4.78, 5) is 21.0. The van der Waals surface area contributed by atoms with Crippen LogP contribution in [0.2, 0.25) is 0 Å². The molecule has 7 nitrogen and oxygen atoms in total. The minimum Gasteiger partial charge on any atom is -0.422 e. The number of hydrogen-bond donors (Lipinski definition) is 2. The molecule has 34 heavy (non-hydrogen) atoms. The number of nitrogens with zero attached hydrogens (tertiary/aromatic N) is 3. The van der Waals surface area contributed by atoms with Crippen LogP contribution >= 0.6 is 0 Å². The second kappa shape index (κ2) is 10.6. The quantitative estimate of drug-likeness (QED) is 0.262. The van der Waals surface area contributed by atoms with Crippen LogP contribution in [-0.4, -0.2) is 38.9 Å². The fraction of sp³-hybridized carbons (Fsp3) is 0.292. The number of aromatic nitrogens is 2. The van der Waals surface area contributed by atoms with Gasteiger partial charge in [-0.05, 0) is 61.7 Å². The lowest BCUT2D eigenvalue weighted by Gasteiger charge is -2.25. The average Bonchev–Trinajstić information content (AvgIpc) is 2.79. The molecule has 0 saturated carbocycles. The molecule has 0 aliphatic heterocycles. The number of carbonyl (C=O) groups excluding carboxylic acids is 1. The van der Waals surface area contributed by atoms with Crippen molar-refractivity contribution in [3.63, 3.8) is 0 Å². The Kier molecular flexibility index (Phi) is 7.85. The van der Waals surface area contributed by atoms with Crippen molar-refractivity contribution in [1.82, 2.24) is 15.0 Å². The normalized spacial score (nSPS) is 12.5. The zero-order valence-corrected chi connectivity index (χ0v) is 18.9. The molecule has 0 spiro atoms. The summed E-state index contributed by atoms with van der Waals surface area (Å²) in [6.45, 7) is 3.92. The molecule has 2 aromatic heterocycles. The van der Waals surface area contributed by atoms with Crippen molar-refractivity contribution < 1.29 is 27.9 Å². The van der Waals surface area contributed by atoms with Crippen LogP contribution in [-0.2, 0) is 6.54 Å². The number of anilines is 1. The number of para-hydroxylation sites is 1. The average molecular weight is 474 g/mol. The number of rotatable bonds is 8. The summed E-state index contributed by atoms with van der Waals surface area (Å²) in [6, 6.07) is 11.4. The molecule has 1 unspecified atom stereocenters. The fourth-order valence-electron chi connectivity index (χ4n) is 3.27. The summed E-state index contributed by atoms with van der Waals surface area (Å²) >= 11 is 0. The molecule has 10 heteroatoms. The van der Waals surface area contributed by atoms with Crippen molar-refractivity contribution in [2.75, 3.05) is 11.9 Å². The van der Waals surface area contributed by atoms with Gasteiger partial charge < -0.3 is 15.3 Å². The largest absolute Gasteiger partial charge is 0.422 e. The zero-order valence-electron chi connectivity index (χ0n) is 18.9. The molecule has 0 amide bonds. The highest BCUT2D eigenvalue weighted by atomic mass is 19.4. The van der Waals surface area contributed by atoms with Gasteiger partial charge in [-0.15, -0.1) is 0 Å². The van der Waals surface area contributed by atoms with E-state index < -0.39 is 24.7 Å². The molecule has 0 saturated heterocycles. The number of hydroxylamine groups is 2. The number of alkyl halides is 3. The van der Waals surface area contributed by atoms with Crippen molar-refractivity contribution in [2.24, 2.45) is 0 Å². The summed E-state index contributed by atoms with van der Waals surface area (Å²) in [5.74, 6) is -0.160. The van der Waals surface area contributed by atoms with Crippen LogP contribution in [0.3, 0.4) is 0 Å². The van der Waals surface area contributed by atoms with E-state index in [4.69, 9.17) is 4.74 Å². The lowest BCUT2D eigenvalue weighted by Crippen LogP contribution is -2.26. The first-order chi connectivity index (χ1) is 16.0. The third-order valence-electron chi connectivity index (χ3n) is 5.24. The molecule has 180 valence electrons. The van der Waals surface area contributed by atoms with Crippen molar-refractivity contribution in [2.45, 2.75) is 39.5 Å². The molecular weight excluding hydrogens is 449 g/mol. The van der Waals surface area contributed by atoms with Crippen LogP contribution in [0.25, 0.3) is 0 Å². The van der Waals surface area contributed by atoms with E-state index in [0.29, 0.717) is 22.4 Å². The van der Waals surface area contributed by atoms with E-state index in [0.717, 1.165) is 10.6 Å². The van der Waals surface area contributed by atoms with Crippen molar-refractivity contribution in [3.05, 3.63) is 82.8 Å². The summed E-state index contributed by atoms with van der Waals surface area (Å²) in [5.41, 5.74) is 2.41. The van der Waals surface area contributed by atoms with Crippen molar-refractivity contribution in [3.8, 4) is 5.75 Å². The van der Waals surface area contributed by atoms with Crippen LogP contribution in [0.1, 0.15) is 45.7 Å². The molecular formula is C24H25F3N4O3. The third-order valence-corrected chi connectivity index (χ3v) is 5.24. The van der Waals surface area contributed by atoms with Gasteiger partial charge >= 0.3 is 12.1 Å². The minimum absolute atomic E-state index is 0.0345. The molecule has 2 N–H and O–H groups in total. The van der Waals surface area contributed by atoms with Gasteiger partial charge in [-0.2, -0.15) is 18.2 Å². The first kappa shape index (κ1) is 25.1. The predicted octanol–water partition coefficient (Wildman–Crippen LogP) is 5.24. The fourth-order valence-corrected chi connectivity index (χ4v) is 3.27. The van der Waals surface area contributed by atoms with Gasteiger partial charge in [0.2, 0.25) is 0 Å². The van der Waals surface area contributed by atoms with Crippen molar-refractivity contribution >= 4 is 11.8 Å². The number of esters is 1. The standard InChI is InChI=1S/C24H25F3N4O3/c1-15-9-10-28-21(23(32)34-19-7-5-4-6-8-19)20(15)13-31(33)17(3)18-11-16(2)22(29-12-18)30-14-24(25,26)27/h4-12,17,33H,13-14H2,1-3H3,(H,29,30). The van der Waals surface area contributed by atoms with E-state index in [2.05, 4.69) is 15.3 Å². The zero-order chi connectivity index (χ0) is 24.9. The Morgan fingerprint density at radius 1 is 1.15 bits per heavy atom. The Bertz CT molecular complexity index is 1140. The minimum atomic E-state index is -4.36. The Labute approximate surface area is 195 Å². The maximum Gasteiger partial charge on any atom is 0.405 e. The molecule has 0 aliphatic rings. The SMILES string of the molecule is Cc1cc(C(C)N(O)Cc2c(C)ccnc2C(=O)Oc2ccccc2)cnc1NCC(F)(F)F. The van der Waals surface area contributed by atoms with Gasteiger partial charge in [0.05, 0.1) is 12.6 Å². The number of benzene rings is 1. The number of hydrogen-bond acceptors (Lipinski definition) is 7. The predicted molar refractivity (Wildman–Crippen MR) is 120 cm³/mol. The van der Waals surface area contributed by atoms with Gasteiger partial charge in [-0.25, -0.2) is 14.8 Å². The highest BCUT2D eigenvalue weighted by molar-refractivity contribution is 5.90. The van der Waals surface area contributed by atoms with E-state index in [1.807, 2.05) is 0 Å². The summed E-state index contributed by atoms with van der Waals surface area (Å²) in [5, 5.41) is 14.1. The number of ether oxygens (including phenoxy) is 1. The van der Waals surface area contributed by atoms with Crippen LogP contribution < -0.4 is 10.1 Å². The number of nitrogens with one attached hydrogen (secondary N) is 1. The monoisotopic (exact) mass is 474 g/mol. The van der Waals surface area contributed by atoms with E-state index in [-0.39, 0.29) is 18.1 Å². The van der Waals surface area contributed by atoms with Gasteiger partial charge in [0.15, 0.2) is 5.69 Å². The molecule has 1 aromatic carbocycles. The molecule has 0 fully saturated rings. The highest BCUT2D eigenvalue weighted by Crippen LogP contribution is 2.26. The second-order valence-electron chi connectivity index (χ2n) is 7.83.